The highest BCUT2D eigenvalue weighted by Gasteiger charge is 2.11. The quantitative estimate of drug-likeness (QED) is 0.782. The molecule has 2 aromatic heterocycles. The summed E-state index contributed by atoms with van der Waals surface area (Å²) < 4.78 is 1.47. The molecule has 0 aliphatic rings. The Morgan fingerprint density at radius 2 is 2.26 bits per heavy atom. The fourth-order valence-corrected chi connectivity index (χ4v) is 2.14. The molecule has 3 N–H and O–H groups in total. The van der Waals surface area contributed by atoms with E-state index in [2.05, 4.69) is 27.0 Å². The van der Waals surface area contributed by atoms with Crippen LogP contribution in [0.25, 0.3) is 5.65 Å². The van der Waals surface area contributed by atoms with Gasteiger partial charge < -0.3 is 10.6 Å². The van der Waals surface area contributed by atoms with Gasteiger partial charge in [0.15, 0.2) is 5.65 Å². The summed E-state index contributed by atoms with van der Waals surface area (Å²) >= 11 is 0. The van der Waals surface area contributed by atoms with E-state index < -0.39 is 0 Å². The summed E-state index contributed by atoms with van der Waals surface area (Å²) in [4.78, 5) is 18.2. The Balaban J connectivity index is 2.39. The zero-order valence-corrected chi connectivity index (χ0v) is 11.4. The normalized spacial score (nSPS) is 11.1. The van der Waals surface area contributed by atoms with E-state index >= 15 is 0 Å². The largest absolute Gasteiger partial charge is 0.356 e. The second-order valence-corrected chi connectivity index (χ2v) is 4.51. The minimum absolute atomic E-state index is 0.254. The molecule has 19 heavy (non-hydrogen) atoms. The van der Waals surface area contributed by atoms with Crippen LogP contribution in [0.1, 0.15) is 25.6 Å². The van der Waals surface area contributed by atoms with Crippen LogP contribution in [0.2, 0.25) is 0 Å². The summed E-state index contributed by atoms with van der Waals surface area (Å²) in [6.45, 7) is 6.36. The first-order valence-corrected chi connectivity index (χ1v) is 6.57. The number of anilines is 1. The lowest BCUT2D eigenvalue weighted by Crippen LogP contribution is -2.28. The van der Waals surface area contributed by atoms with E-state index in [0.29, 0.717) is 18.0 Å². The molecular formula is C12H20N6O. The molecule has 2 rings (SSSR count). The minimum atomic E-state index is -0.254. The predicted octanol–water partition coefficient (Wildman–Crippen LogP) is 0.291. The monoisotopic (exact) mass is 264 g/mol. The van der Waals surface area contributed by atoms with Gasteiger partial charge in [0.1, 0.15) is 11.6 Å². The molecule has 0 aromatic carbocycles. The Kier molecular flexibility index (Phi) is 4.16. The Morgan fingerprint density at radius 1 is 1.47 bits per heavy atom. The van der Waals surface area contributed by atoms with Crippen LogP contribution in [-0.2, 0) is 0 Å². The molecule has 0 aliphatic carbocycles. The van der Waals surface area contributed by atoms with Crippen molar-refractivity contribution in [1.82, 2.24) is 19.6 Å². The van der Waals surface area contributed by atoms with Crippen LogP contribution in [-0.4, -0.2) is 39.2 Å². The van der Waals surface area contributed by atoms with Crippen molar-refractivity contribution in [3.8, 4) is 0 Å². The number of nitrogens with two attached hydrogens (primary N) is 1. The van der Waals surface area contributed by atoms with Gasteiger partial charge in [-0.1, -0.05) is 6.92 Å². The number of aryl methyl sites for hydroxylation is 1. The number of hydrogen-bond donors (Lipinski definition) is 2. The third kappa shape index (κ3) is 2.76. The Bertz CT molecular complexity index is 602. The number of nitrogens with zero attached hydrogens (tertiary/aromatic N) is 4. The Labute approximate surface area is 111 Å². The van der Waals surface area contributed by atoms with E-state index in [1.54, 1.807) is 6.92 Å². The van der Waals surface area contributed by atoms with Crippen molar-refractivity contribution in [2.75, 3.05) is 24.5 Å². The van der Waals surface area contributed by atoms with E-state index in [1.165, 1.54) is 4.40 Å². The maximum Gasteiger partial charge on any atom is 0.349 e. The van der Waals surface area contributed by atoms with Crippen LogP contribution >= 0.6 is 0 Å². The van der Waals surface area contributed by atoms with Crippen molar-refractivity contribution in [2.24, 2.45) is 5.73 Å². The average Bonchev–Trinajstić information content (AvgIpc) is 2.76. The molecule has 0 saturated heterocycles. The second-order valence-electron chi connectivity index (χ2n) is 4.51. The van der Waals surface area contributed by atoms with Crippen LogP contribution in [0.3, 0.4) is 0 Å². The molecule has 0 radical (unpaired) electrons. The van der Waals surface area contributed by atoms with Crippen LogP contribution in [0.5, 0.6) is 0 Å². The average molecular weight is 264 g/mol. The van der Waals surface area contributed by atoms with Gasteiger partial charge in [-0.05, 0) is 26.3 Å². The molecule has 7 nitrogen and oxygen atoms in total. The van der Waals surface area contributed by atoms with Crippen LogP contribution in [0.15, 0.2) is 10.9 Å². The molecule has 0 spiro atoms. The molecule has 2 heterocycles. The van der Waals surface area contributed by atoms with E-state index in [9.17, 15) is 4.79 Å². The Morgan fingerprint density at radius 3 is 2.95 bits per heavy atom. The third-order valence-electron chi connectivity index (χ3n) is 3.01. The van der Waals surface area contributed by atoms with Gasteiger partial charge in [0, 0.05) is 19.2 Å². The molecule has 0 aliphatic heterocycles. The summed E-state index contributed by atoms with van der Waals surface area (Å²) in [5, 5.41) is 6.43. The zero-order chi connectivity index (χ0) is 13.8. The molecule has 0 unspecified atom stereocenters. The van der Waals surface area contributed by atoms with Crippen molar-refractivity contribution >= 4 is 11.5 Å². The van der Waals surface area contributed by atoms with Gasteiger partial charge in [-0.25, -0.2) is 19.3 Å². The standard InChI is InChI=1S/C12H20N6O/c1-3-6-17(7-4-5-13)10-8-11-15-16-12(19)18(11)9(2)14-10/h8H,3-7,13H2,1-2H3,(H,16,19). The summed E-state index contributed by atoms with van der Waals surface area (Å²) in [5.41, 5.74) is 5.91. The van der Waals surface area contributed by atoms with Gasteiger partial charge in [0.25, 0.3) is 0 Å². The molecule has 0 amide bonds. The first-order valence-electron chi connectivity index (χ1n) is 6.57. The van der Waals surface area contributed by atoms with Gasteiger partial charge in [0.05, 0.1) is 0 Å². The smallest absolute Gasteiger partial charge is 0.349 e. The summed E-state index contributed by atoms with van der Waals surface area (Å²) in [5.74, 6) is 1.49. The molecule has 2 aromatic rings. The number of H-pyrrole nitrogens is 1. The lowest BCUT2D eigenvalue weighted by molar-refractivity contribution is 0.708. The highest BCUT2D eigenvalue weighted by molar-refractivity contribution is 5.51. The minimum Gasteiger partial charge on any atom is -0.356 e. The first kappa shape index (κ1) is 13.5. The number of rotatable bonds is 6. The van der Waals surface area contributed by atoms with E-state index in [-0.39, 0.29) is 5.69 Å². The predicted molar refractivity (Wildman–Crippen MR) is 74.5 cm³/mol. The number of fused-ring (bicyclic) bond motifs is 1. The van der Waals surface area contributed by atoms with E-state index in [1.807, 2.05) is 6.07 Å². The van der Waals surface area contributed by atoms with Crippen molar-refractivity contribution in [2.45, 2.75) is 26.7 Å². The molecule has 0 bridgehead atoms. The fraction of sp³-hybridized carbons (Fsp3) is 0.583. The van der Waals surface area contributed by atoms with Crippen LogP contribution in [0, 0.1) is 6.92 Å². The number of nitrogens with one attached hydrogen (secondary N) is 1. The SMILES string of the molecule is CCCN(CCCN)c1cc2n[nH]c(=O)n2c(C)n1. The highest BCUT2D eigenvalue weighted by Crippen LogP contribution is 2.14. The van der Waals surface area contributed by atoms with Crippen LogP contribution < -0.4 is 16.3 Å². The van der Waals surface area contributed by atoms with Crippen molar-refractivity contribution < 1.29 is 0 Å². The number of aromatic amines is 1. The van der Waals surface area contributed by atoms with Gasteiger partial charge in [-0.3, -0.25) is 0 Å². The van der Waals surface area contributed by atoms with Gasteiger partial charge in [-0.15, -0.1) is 0 Å². The molecule has 0 saturated carbocycles. The van der Waals surface area contributed by atoms with E-state index in [0.717, 1.165) is 31.7 Å². The van der Waals surface area contributed by atoms with Crippen LogP contribution in [0.4, 0.5) is 5.82 Å². The summed E-state index contributed by atoms with van der Waals surface area (Å²) in [7, 11) is 0. The molecule has 0 atom stereocenters. The van der Waals surface area contributed by atoms with Gasteiger partial charge in [-0.2, -0.15) is 5.10 Å². The molecule has 0 fully saturated rings. The lowest BCUT2D eigenvalue weighted by Gasteiger charge is -2.23. The van der Waals surface area contributed by atoms with Gasteiger partial charge in [0.2, 0.25) is 0 Å². The van der Waals surface area contributed by atoms with Gasteiger partial charge >= 0.3 is 5.69 Å². The van der Waals surface area contributed by atoms with E-state index in [4.69, 9.17) is 5.73 Å². The van der Waals surface area contributed by atoms with Crippen molar-refractivity contribution in [3.63, 3.8) is 0 Å². The summed E-state index contributed by atoms with van der Waals surface area (Å²) in [6.07, 6.45) is 1.95. The zero-order valence-electron chi connectivity index (χ0n) is 11.4. The maximum atomic E-state index is 11.6. The fourth-order valence-electron chi connectivity index (χ4n) is 2.14. The Hall–Kier alpha value is -1.89. The summed E-state index contributed by atoms with van der Waals surface area (Å²) in [6, 6.07) is 1.83. The number of hydrogen-bond acceptors (Lipinski definition) is 5. The first-order chi connectivity index (χ1) is 9.17. The second kappa shape index (κ2) is 5.83. The number of aromatic nitrogens is 4. The maximum absolute atomic E-state index is 11.6. The molecular weight excluding hydrogens is 244 g/mol. The molecule has 7 heteroatoms. The van der Waals surface area contributed by atoms with Crippen molar-refractivity contribution in [3.05, 3.63) is 22.4 Å². The lowest BCUT2D eigenvalue weighted by atomic mass is 10.3. The molecule has 104 valence electrons. The topological polar surface area (TPSA) is 92.3 Å². The highest BCUT2D eigenvalue weighted by atomic mass is 16.1. The van der Waals surface area contributed by atoms with Crippen molar-refractivity contribution in [1.29, 1.82) is 0 Å². The third-order valence-corrected chi connectivity index (χ3v) is 3.01.